The summed E-state index contributed by atoms with van der Waals surface area (Å²) >= 11 is 0. The van der Waals surface area contributed by atoms with E-state index in [2.05, 4.69) is 37.4 Å². The van der Waals surface area contributed by atoms with Gasteiger partial charge in [-0.3, -0.25) is 0 Å². The molecular weight excluding hydrogens is 238 g/mol. The maximum absolute atomic E-state index is 9.16. The molecule has 0 atom stereocenters. The smallest absolute Gasteiger partial charge is 0.119 e. The summed E-state index contributed by atoms with van der Waals surface area (Å²) in [5.41, 5.74) is 3.69. The van der Waals surface area contributed by atoms with Crippen LogP contribution in [0.25, 0.3) is 0 Å². The molecule has 0 saturated carbocycles. The molecule has 0 saturated heterocycles. The van der Waals surface area contributed by atoms with E-state index in [1.165, 1.54) is 11.1 Å². The van der Waals surface area contributed by atoms with Crippen LogP contribution in [0.2, 0.25) is 0 Å². The molecule has 0 radical (unpaired) electrons. The van der Waals surface area contributed by atoms with Crippen LogP contribution < -0.4 is 10.1 Å². The second-order valence-corrected chi connectivity index (χ2v) is 4.57. The van der Waals surface area contributed by atoms with Crippen LogP contribution in [0.4, 0.5) is 5.69 Å². The van der Waals surface area contributed by atoms with Crippen molar-refractivity contribution in [2.75, 3.05) is 18.5 Å². The van der Waals surface area contributed by atoms with E-state index < -0.39 is 0 Å². The molecule has 2 N–H and O–H groups in total. The van der Waals surface area contributed by atoms with Crippen molar-refractivity contribution in [2.45, 2.75) is 13.8 Å². The number of hydrogen-bond acceptors (Lipinski definition) is 3. The van der Waals surface area contributed by atoms with Crippen molar-refractivity contribution in [2.24, 2.45) is 0 Å². The maximum atomic E-state index is 9.16. The fourth-order valence-corrected chi connectivity index (χ4v) is 1.76. The summed E-state index contributed by atoms with van der Waals surface area (Å²) in [7, 11) is 0. The largest absolute Gasteiger partial charge is 0.508 e. The van der Waals surface area contributed by atoms with Crippen LogP contribution in [0, 0.1) is 13.8 Å². The van der Waals surface area contributed by atoms with Crippen molar-refractivity contribution in [1.82, 2.24) is 0 Å². The van der Waals surface area contributed by atoms with E-state index in [0.717, 1.165) is 18.0 Å². The topological polar surface area (TPSA) is 41.5 Å². The van der Waals surface area contributed by atoms with Gasteiger partial charge in [0, 0.05) is 12.2 Å². The van der Waals surface area contributed by atoms with Crippen LogP contribution in [0.3, 0.4) is 0 Å². The summed E-state index contributed by atoms with van der Waals surface area (Å²) in [6, 6.07) is 13.1. The molecule has 100 valence electrons. The van der Waals surface area contributed by atoms with E-state index in [0.29, 0.717) is 6.61 Å². The van der Waals surface area contributed by atoms with Crippen LogP contribution in [-0.4, -0.2) is 18.3 Å². The van der Waals surface area contributed by atoms with E-state index in [4.69, 9.17) is 9.84 Å². The van der Waals surface area contributed by atoms with Gasteiger partial charge in [-0.1, -0.05) is 6.07 Å². The molecule has 2 aromatic carbocycles. The predicted octanol–water partition coefficient (Wildman–Crippen LogP) is 3.50. The van der Waals surface area contributed by atoms with Gasteiger partial charge in [0.15, 0.2) is 0 Å². The van der Waals surface area contributed by atoms with Gasteiger partial charge in [-0.2, -0.15) is 0 Å². The second kappa shape index (κ2) is 6.14. The first-order valence-corrected chi connectivity index (χ1v) is 6.38. The van der Waals surface area contributed by atoms with Crippen LogP contribution >= 0.6 is 0 Å². The van der Waals surface area contributed by atoms with E-state index in [1.807, 2.05) is 0 Å². The normalized spacial score (nSPS) is 10.2. The SMILES string of the molecule is Cc1ccc(NCCOc2ccc(O)cc2)cc1C. The highest BCUT2D eigenvalue weighted by Gasteiger charge is 1.97. The average Bonchev–Trinajstić information content (AvgIpc) is 2.41. The Hall–Kier alpha value is -2.16. The lowest BCUT2D eigenvalue weighted by Gasteiger charge is -2.10. The van der Waals surface area contributed by atoms with Gasteiger partial charge < -0.3 is 15.2 Å². The summed E-state index contributed by atoms with van der Waals surface area (Å²) in [6.45, 7) is 5.53. The van der Waals surface area contributed by atoms with E-state index in [-0.39, 0.29) is 5.75 Å². The third-order valence-electron chi connectivity index (χ3n) is 3.04. The Bertz CT molecular complexity index is 535. The van der Waals surface area contributed by atoms with Gasteiger partial charge in [0.2, 0.25) is 0 Å². The fourth-order valence-electron chi connectivity index (χ4n) is 1.76. The Labute approximate surface area is 113 Å². The van der Waals surface area contributed by atoms with Crippen molar-refractivity contribution >= 4 is 5.69 Å². The minimum Gasteiger partial charge on any atom is -0.508 e. The zero-order chi connectivity index (χ0) is 13.7. The molecule has 2 aromatic rings. The van der Waals surface area contributed by atoms with Crippen molar-refractivity contribution in [3.05, 3.63) is 53.6 Å². The van der Waals surface area contributed by atoms with Crippen LogP contribution in [0.15, 0.2) is 42.5 Å². The fraction of sp³-hybridized carbons (Fsp3) is 0.250. The number of phenols is 1. The molecule has 0 aromatic heterocycles. The van der Waals surface area contributed by atoms with Gasteiger partial charge in [0.05, 0.1) is 0 Å². The van der Waals surface area contributed by atoms with Crippen molar-refractivity contribution in [3.8, 4) is 11.5 Å². The van der Waals surface area contributed by atoms with Crippen LogP contribution in [0.1, 0.15) is 11.1 Å². The monoisotopic (exact) mass is 257 g/mol. The van der Waals surface area contributed by atoms with Crippen LogP contribution in [-0.2, 0) is 0 Å². The molecule has 0 amide bonds. The lowest BCUT2D eigenvalue weighted by molar-refractivity contribution is 0.332. The molecule has 0 aliphatic carbocycles. The summed E-state index contributed by atoms with van der Waals surface area (Å²) < 4.78 is 5.56. The average molecular weight is 257 g/mol. The van der Waals surface area contributed by atoms with E-state index in [9.17, 15) is 0 Å². The van der Waals surface area contributed by atoms with Crippen molar-refractivity contribution in [3.63, 3.8) is 0 Å². The molecule has 0 unspecified atom stereocenters. The Kier molecular flexibility index (Phi) is 4.29. The Morgan fingerprint density at radius 1 is 1.00 bits per heavy atom. The molecule has 0 aliphatic rings. The van der Waals surface area contributed by atoms with E-state index >= 15 is 0 Å². The van der Waals surface area contributed by atoms with Gasteiger partial charge in [0.25, 0.3) is 0 Å². The first-order valence-electron chi connectivity index (χ1n) is 6.38. The van der Waals surface area contributed by atoms with Crippen LogP contribution in [0.5, 0.6) is 11.5 Å². The number of anilines is 1. The number of rotatable bonds is 5. The molecule has 3 heteroatoms. The highest BCUT2D eigenvalue weighted by Crippen LogP contribution is 2.16. The summed E-state index contributed by atoms with van der Waals surface area (Å²) in [6.07, 6.45) is 0. The minimum absolute atomic E-state index is 0.251. The zero-order valence-corrected chi connectivity index (χ0v) is 11.3. The number of ether oxygens (including phenoxy) is 1. The molecule has 2 rings (SSSR count). The predicted molar refractivity (Wildman–Crippen MR) is 78.0 cm³/mol. The van der Waals surface area contributed by atoms with Gasteiger partial charge in [0.1, 0.15) is 18.1 Å². The first-order chi connectivity index (χ1) is 9.15. The second-order valence-electron chi connectivity index (χ2n) is 4.57. The number of aryl methyl sites for hydroxylation is 2. The molecule has 0 heterocycles. The number of benzene rings is 2. The highest BCUT2D eigenvalue weighted by molar-refractivity contribution is 5.48. The Balaban J connectivity index is 1.77. The molecule has 0 spiro atoms. The maximum Gasteiger partial charge on any atom is 0.119 e. The lowest BCUT2D eigenvalue weighted by Crippen LogP contribution is -2.11. The number of aromatic hydroxyl groups is 1. The molecule has 0 bridgehead atoms. The van der Waals surface area contributed by atoms with Gasteiger partial charge >= 0.3 is 0 Å². The number of nitrogens with one attached hydrogen (secondary N) is 1. The molecule has 0 fully saturated rings. The molecule has 0 aliphatic heterocycles. The standard InChI is InChI=1S/C16H19NO2/c1-12-3-4-14(11-13(12)2)17-9-10-19-16-7-5-15(18)6-8-16/h3-8,11,17-18H,9-10H2,1-2H3. The first kappa shape index (κ1) is 13.3. The van der Waals surface area contributed by atoms with Crippen molar-refractivity contribution < 1.29 is 9.84 Å². The van der Waals surface area contributed by atoms with Gasteiger partial charge in [-0.15, -0.1) is 0 Å². The van der Waals surface area contributed by atoms with E-state index in [1.54, 1.807) is 24.3 Å². The minimum atomic E-state index is 0.251. The zero-order valence-electron chi connectivity index (χ0n) is 11.3. The number of hydrogen-bond donors (Lipinski definition) is 2. The van der Waals surface area contributed by atoms with Gasteiger partial charge in [-0.25, -0.2) is 0 Å². The third kappa shape index (κ3) is 3.91. The Morgan fingerprint density at radius 3 is 2.42 bits per heavy atom. The summed E-state index contributed by atoms with van der Waals surface area (Å²) in [5, 5.41) is 12.5. The Morgan fingerprint density at radius 2 is 1.74 bits per heavy atom. The summed E-state index contributed by atoms with van der Waals surface area (Å²) in [4.78, 5) is 0. The summed E-state index contributed by atoms with van der Waals surface area (Å²) in [5.74, 6) is 1.01. The molecule has 3 nitrogen and oxygen atoms in total. The quantitative estimate of drug-likeness (QED) is 0.805. The number of phenolic OH excluding ortho intramolecular Hbond substituents is 1. The highest BCUT2D eigenvalue weighted by atomic mass is 16.5. The van der Waals surface area contributed by atoms with Gasteiger partial charge in [-0.05, 0) is 61.4 Å². The molecule has 19 heavy (non-hydrogen) atoms. The lowest BCUT2D eigenvalue weighted by atomic mass is 10.1. The van der Waals surface area contributed by atoms with Crippen molar-refractivity contribution in [1.29, 1.82) is 0 Å². The molecular formula is C16H19NO2. The third-order valence-corrected chi connectivity index (χ3v) is 3.04.